The van der Waals surface area contributed by atoms with Crippen LogP contribution in [0.2, 0.25) is 0 Å². The highest BCUT2D eigenvalue weighted by Gasteiger charge is 2.15. The van der Waals surface area contributed by atoms with Crippen molar-refractivity contribution < 1.29 is 0 Å². The summed E-state index contributed by atoms with van der Waals surface area (Å²) in [5.41, 5.74) is 4.43. The van der Waals surface area contributed by atoms with Crippen molar-refractivity contribution in [2.45, 2.75) is 32.1 Å². The summed E-state index contributed by atoms with van der Waals surface area (Å²) >= 11 is 2.02. The lowest BCUT2D eigenvalue weighted by Gasteiger charge is -2.22. The van der Waals surface area contributed by atoms with Crippen molar-refractivity contribution in [3.05, 3.63) is 28.8 Å². The van der Waals surface area contributed by atoms with Crippen LogP contribution < -0.4 is 0 Å². The molecule has 1 heteroatoms. The third kappa shape index (κ3) is 1.76. The number of fused-ring (bicyclic) bond motifs is 1. The number of hydrogen-bond acceptors (Lipinski definition) is 1. The third-order valence-corrected chi connectivity index (χ3v) is 4.20. The smallest absolute Gasteiger partial charge is 0.0107 e. The SMILES string of the molecule is Cc1cc2c(cc1C)SCC(C)C2. The second-order valence-electron chi connectivity index (χ2n) is 4.16. The minimum absolute atomic E-state index is 0.847. The van der Waals surface area contributed by atoms with Crippen molar-refractivity contribution >= 4 is 11.8 Å². The number of aryl methyl sites for hydroxylation is 2. The molecule has 1 atom stereocenters. The minimum Gasteiger partial charge on any atom is -0.126 e. The summed E-state index contributed by atoms with van der Waals surface area (Å²) in [6.45, 7) is 6.75. The van der Waals surface area contributed by atoms with Crippen LogP contribution >= 0.6 is 11.8 Å². The Bertz CT molecular complexity index is 328. The highest BCUT2D eigenvalue weighted by molar-refractivity contribution is 7.99. The Labute approximate surface area is 84.7 Å². The molecule has 0 aromatic heterocycles. The molecular formula is C12H16S. The highest BCUT2D eigenvalue weighted by atomic mass is 32.2. The molecule has 1 aromatic rings. The van der Waals surface area contributed by atoms with Crippen molar-refractivity contribution in [3.8, 4) is 0 Å². The van der Waals surface area contributed by atoms with Gasteiger partial charge in [-0.1, -0.05) is 13.0 Å². The van der Waals surface area contributed by atoms with Gasteiger partial charge >= 0.3 is 0 Å². The van der Waals surface area contributed by atoms with Gasteiger partial charge in [-0.3, -0.25) is 0 Å². The molecule has 0 spiro atoms. The lowest BCUT2D eigenvalue weighted by molar-refractivity contribution is 0.640. The molecule has 13 heavy (non-hydrogen) atoms. The Kier molecular flexibility index (Phi) is 2.37. The molecule has 1 unspecified atom stereocenters. The number of thioether (sulfide) groups is 1. The van der Waals surface area contributed by atoms with Crippen molar-refractivity contribution in [1.82, 2.24) is 0 Å². The molecule has 0 radical (unpaired) electrons. The van der Waals surface area contributed by atoms with Gasteiger partial charge in [-0.15, -0.1) is 11.8 Å². The first-order valence-electron chi connectivity index (χ1n) is 4.89. The van der Waals surface area contributed by atoms with E-state index in [9.17, 15) is 0 Å². The topological polar surface area (TPSA) is 0 Å². The maximum absolute atomic E-state index is 2.37. The first-order chi connectivity index (χ1) is 6.16. The van der Waals surface area contributed by atoms with Crippen molar-refractivity contribution in [2.24, 2.45) is 5.92 Å². The molecule has 0 amide bonds. The summed E-state index contributed by atoms with van der Waals surface area (Å²) in [7, 11) is 0. The van der Waals surface area contributed by atoms with Crippen molar-refractivity contribution in [2.75, 3.05) is 5.75 Å². The van der Waals surface area contributed by atoms with Crippen LogP contribution in [0.15, 0.2) is 17.0 Å². The van der Waals surface area contributed by atoms with Gasteiger partial charge in [0, 0.05) is 10.6 Å². The Morgan fingerprint density at radius 3 is 2.69 bits per heavy atom. The first-order valence-corrected chi connectivity index (χ1v) is 5.88. The van der Waals surface area contributed by atoms with Crippen LogP contribution in [0.4, 0.5) is 0 Å². The Morgan fingerprint density at radius 1 is 1.23 bits per heavy atom. The van der Waals surface area contributed by atoms with E-state index in [0.717, 1.165) is 5.92 Å². The maximum atomic E-state index is 2.37. The largest absolute Gasteiger partial charge is 0.126 e. The van der Waals surface area contributed by atoms with Crippen LogP contribution in [0.25, 0.3) is 0 Å². The predicted octanol–water partition coefficient (Wildman–Crippen LogP) is 3.59. The van der Waals surface area contributed by atoms with E-state index >= 15 is 0 Å². The van der Waals surface area contributed by atoms with Crippen LogP contribution in [0.1, 0.15) is 23.6 Å². The standard InChI is InChI=1S/C12H16S/c1-8-4-11-5-9(2)10(3)6-12(11)13-7-8/h5-6,8H,4,7H2,1-3H3. The van der Waals surface area contributed by atoms with Crippen LogP contribution in [-0.2, 0) is 6.42 Å². The molecule has 1 aromatic carbocycles. The molecule has 0 saturated carbocycles. The summed E-state index contributed by atoms with van der Waals surface area (Å²) in [6.07, 6.45) is 1.27. The van der Waals surface area contributed by atoms with E-state index in [1.165, 1.54) is 28.2 Å². The number of hydrogen-bond donors (Lipinski definition) is 0. The van der Waals surface area contributed by atoms with Gasteiger partial charge in [-0.25, -0.2) is 0 Å². The predicted molar refractivity (Wildman–Crippen MR) is 59.5 cm³/mol. The molecule has 70 valence electrons. The fourth-order valence-electron chi connectivity index (χ4n) is 1.81. The lowest BCUT2D eigenvalue weighted by atomic mass is 9.98. The van der Waals surface area contributed by atoms with E-state index in [0.29, 0.717) is 0 Å². The fourth-order valence-corrected chi connectivity index (χ4v) is 2.98. The molecule has 0 aliphatic carbocycles. The Hall–Kier alpha value is -0.430. The van der Waals surface area contributed by atoms with Crippen LogP contribution in [0, 0.1) is 19.8 Å². The van der Waals surface area contributed by atoms with Crippen LogP contribution in [-0.4, -0.2) is 5.75 Å². The average molecular weight is 192 g/mol. The van der Waals surface area contributed by atoms with Gasteiger partial charge in [-0.05, 0) is 48.9 Å². The molecular weight excluding hydrogens is 176 g/mol. The van der Waals surface area contributed by atoms with E-state index in [4.69, 9.17) is 0 Å². The van der Waals surface area contributed by atoms with Gasteiger partial charge in [-0.2, -0.15) is 0 Å². The van der Waals surface area contributed by atoms with Crippen LogP contribution in [0.3, 0.4) is 0 Å². The van der Waals surface area contributed by atoms with Crippen molar-refractivity contribution in [3.63, 3.8) is 0 Å². The zero-order valence-electron chi connectivity index (χ0n) is 8.55. The molecule has 2 rings (SSSR count). The van der Waals surface area contributed by atoms with E-state index in [2.05, 4.69) is 32.9 Å². The molecule has 0 nitrogen and oxygen atoms in total. The van der Waals surface area contributed by atoms with E-state index in [1.807, 2.05) is 11.8 Å². The summed E-state index contributed by atoms with van der Waals surface area (Å²) in [4.78, 5) is 1.52. The van der Waals surface area contributed by atoms with Gasteiger partial charge < -0.3 is 0 Å². The second kappa shape index (κ2) is 3.38. The van der Waals surface area contributed by atoms with Gasteiger partial charge in [0.15, 0.2) is 0 Å². The summed E-state index contributed by atoms with van der Waals surface area (Å²) in [6, 6.07) is 4.72. The molecule has 1 heterocycles. The molecule has 0 saturated heterocycles. The minimum atomic E-state index is 0.847. The fraction of sp³-hybridized carbons (Fsp3) is 0.500. The Balaban J connectivity index is 2.43. The van der Waals surface area contributed by atoms with Gasteiger partial charge in [0.05, 0.1) is 0 Å². The maximum Gasteiger partial charge on any atom is 0.0107 e. The molecule has 1 aliphatic heterocycles. The van der Waals surface area contributed by atoms with E-state index < -0.39 is 0 Å². The summed E-state index contributed by atoms with van der Waals surface area (Å²) < 4.78 is 0. The number of rotatable bonds is 0. The summed E-state index contributed by atoms with van der Waals surface area (Å²) in [5.74, 6) is 2.13. The Morgan fingerprint density at radius 2 is 1.92 bits per heavy atom. The van der Waals surface area contributed by atoms with Crippen molar-refractivity contribution in [1.29, 1.82) is 0 Å². The zero-order valence-corrected chi connectivity index (χ0v) is 9.37. The second-order valence-corrected chi connectivity index (χ2v) is 5.23. The van der Waals surface area contributed by atoms with E-state index in [1.54, 1.807) is 5.56 Å². The average Bonchev–Trinajstić information content (AvgIpc) is 2.08. The van der Waals surface area contributed by atoms with Crippen LogP contribution in [0.5, 0.6) is 0 Å². The highest BCUT2D eigenvalue weighted by Crippen LogP contribution is 2.34. The first kappa shape index (κ1) is 9.14. The molecule has 0 fully saturated rings. The van der Waals surface area contributed by atoms with Gasteiger partial charge in [0.1, 0.15) is 0 Å². The monoisotopic (exact) mass is 192 g/mol. The lowest BCUT2D eigenvalue weighted by Crippen LogP contribution is -2.10. The molecule has 1 aliphatic rings. The normalized spacial score (nSPS) is 21.3. The molecule has 0 N–H and O–H groups in total. The van der Waals surface area contributed by atoms with Gasteiger partial charge in [0.2, 0.25) is 0 Å². The number of benzene rings is 1. The summed E-state index contributed by atoms with van der Waals surface area (Å²) in [5, 5.41) is 0. The molecule has 0 bridgehead atoms. The van der Waals surface area contributed by atoms with E-state index in [-0.39, 0.29) is 0 Å². The van der Waals surface area contributed by atoms with Gasteiger partial charge in [0.25, 0.3) is 0 Å². The quantitative estimate of drug-likeness (QED) is 0.605. The zero-order chi connectivity index (χ0) is 9.42. The third-order valence-electron chi connectivity index (χ3n) is 2.77.